The predicted molar refractivity (Wildman–Crippen MR) is 223 cm³/mol. The lowest BCUT2D eigenvalue weighted by atomic mass is 9.79. The summed E-state index contributed by atoms with van der Waals surface area (Å²) in [5.74, 6) is 0. The van der Waals surface area contributed by atoms with Gasteiger partial charge in [-0.3, -0.25) is 0 Å². The van der Waals surface area contributed by atoms with Crippen LogP contribution in [0.3, 0.4) is 0 Å². The zero-order chi connectivity index (χ0) is 39.4. The summed E-state index contributed by atoms with van der Waals surface area (Å²) in [7, 11) is 0. The molecule has 258 valence electrons. The lowest BCUT2D eigenvalue weighted by Gasteiger charge is -2.38. The number of hydrogen-bond acceptors (Lipinski definition) is 3. The maximum Gasteiger partial charge on any atom is 0.145 e. The molecule has 1 aliphatic heterocycles. The normalized spacial score (nSPS) is 17.7. The number of nitrogens with zero attached hydrogens (tertiary/aromatic N) is 2. The second kappa shape index (κ2) is 13.4. The third-order valence-electron chi connectivity index (χ3n) is 10.6. The van der Waals surface area contributed by atoms with Crippen molar-refractivity contribution in [1.29, 1.82) is 0 Å². The predicted octanol–water partition coefficient (Wildman–Crippen LogP) is 13.1. The summed E-state index contributed by atoms with van der Waals surface area (Å²) >= 11 is 0. The van der Waals surface area contributed by atoms with Crippen LogP contribution in [0, 0.1) is 0 Å². The van der Waals surface area contributed by atoms with Gasteiger partial charge in [0, 0.05) is 46.6 Å². The van der Waals surface area contributed by atoms with Crippen molar-refractivity contribution >= 4 is 34.1 Å². The molecule has 0 fully saturated rings. The minimum absolute atomic E-state index is 0.0479. The van der Waals surface area contributed by atoms with Crippen LogP contribution in [-0.4, -0.2) is 6.61 Å². The summed E-state index contributed by atoms with van der Waals surface area (Å²) in [6, 6.07) is 64.4. The highest BCUT2D eigenvalue weighted by Gasteiger charge is 2.48. The monoisotopic (exact) mass is 698 g/mol. The molecule has 1 heterocycles. The standard InChI is InChI=1S/C51H38N2O/c1-4-15-40(16-5-1)52(41-17-6-2-7-18-41)43-28-24-37(25-29-43)38-26-30-44(31-27-38)53(42-19-8-3-9-20-42)45-32-33-47-46-21-11-13-23-49(46)51(50(47)36-45)48-22-12-10-14-39(48)34-35-54-51/h1-33,36H,34-35H2/i10D,12D,14D,34D. The van der Waals surface area contributed by atoms with Crippen LogP contribution in [0.25, 0.3) is 22.3 Å². The fourth-order valence-electron chi connectivity index (χ4n) is 8.18. The minimum Gasteiger partial charge on any atom is -0.360 e. The van der Waals surface area contributed by atoms with E-state index in [-0.39, 0.29) is 24.7 Å². The molecular weight excluding hydrogens is 657 g/mol. The van der Waals surface area contributed by atoms with Crippen LogP contribution in [0.15, 0.2) is 206 Å². The van der Waals surface area contributed by atoms with Gasteiger partial charge in [-0.25, -0.2) is 0 Å². The maximum atomic E-state index is 8.89. The topological polar surface area (TPSA) is 15.7 Å². The van der Waals surface area contributed by atoms with Gasteiger partial charge in [0.1, 0.15) is 5.60 Å². The van der Waals surface area contributed by atoms with E-state index in [0.717, 1.165) is 67.5 Å². The highest BCUT2D eigenvalue weighted by atomic mass is 16.5. The Labute approximate surface area is 322 Å². The Kier molecular flexibility index (Phi) is 6.91. The van der Waals surface area contributed by atoms with Crippen LogP contribution in [0.1, 0.15) is 27.7 Å². The fourth-order valence-corrected chi connectivity index (χ4v) is 8.18. The molecule has 0 radical (unpaired) electrons. The zero-order valence-electron chi connectivity index (χ0n) is 33.5. The van der Waals surface area contributed by atoms with E-state index in [1.165, 1.54) is 0 Å². The van der Waals surface area contributed by atoms with Gasteiger partial charge in [-0.1, -0.05) is 133 Å². The van der Waals surface area contributed by atoms with Crippen molar-refractivity contribution in [1.82, 2.24) is 0 Å². The average Bonchev–Trinajstić information content (AvgIpc) is 3.55. The molecule has 54 heavy (non-hydrogen) atoms. The Morgan fingerprint density at radius 3 is 1.52 bits per heavy atom. The van der Waals surface area contributed by atoms with E-state index in [9.17, 15) is 0 Å². The first-order chi connectivity index (χ1) is 28.4. The first-order valence-electron chi connectivity index (χ1n) is 20.4. The third-order valence-corrected chi connectivity index (χ3v) is 10.6. The molecule has 8 aromatic rings. The summed E-state index contributed by atoms with van der Waals surface area (Å²) in [6.45, 7) is 0.0645. The van der Waals surface area contributed by atoms with Gasteiger partial charge in [0.2, 0.25) is 0 Å². The average molecular weight is 699 g/mol. The Hall–Kier alpha value is -6.68. The molecule has 0 N–H and O–H groups in total. The van der Waals surface area contributed by atoms with Gasteiger partial charge >= 0.3 is 0 Å². The second-order valence-electron chi connectivity index (χ2n) is 13.6. The molecular formula is C51H38N2O. The number of para-hydroxylation sites is 3. The van der Waals surface area contributed by atoms with Gasteiger partial charge in [-0.15, -0.1) is 0 Å². The summed E-state index contributed by atoms with van der Waals surface area (Å²) in [5, 5.41) is 0. The van der Waals surface area contributed by atoms with Crippen LogP contribution in [0.4, 0.5) is 34.1 Å². The molecule has 2 atom stereocenters. The summed E-state index contributed by atoms with van der Waals surface area (Å²) in [5.41, 5.74) is 12.1. The minimum atomic E-state index is -1.14. The first kappa shape index (κ1) is 27.9. The summed E-state index contributed by atoms with van der Waals surface area (Å²) in [6.07, 6.45) is -0.834. The summed E-state index contributed by atoms with van der Waals surface area (Å²) in [4.78, 5) is 4.49. The van der Waals surface area contributed by atoms with Crippen LogP contribution in [-0.2, 0) is 16.7 Å². The molecule has 0 saturated heterocycles. The molecule has 8 aromatic carbocycles. The zero-order valence-corrected chi connectivity index (χ0v) is 29.5. The van der Waals surface area contributed by atoms with Gasteiger partial charge in [0.05, 0.1) is 10.7 Å². The number of benzene rings is 8. The third kappa shape index (κ3) is 5.32. The highest BCUT2D eigenvalue weighted by Crippen LogP contribution is 2.56. The number of fused-ring (bicyclic) bond motifs is 7. The first-order valence-corrected chi connectivity index (χ1v) is 18.3. The maximum absolute atomic E-state index is 8.89. The molecule has 0 aromatic heterocycles. The van der Waals surface area contributed by atoms with E-state index in [4.69, 9.17) is 10.2 Å². The SMILES string of the molecule is [2H]c1cc2c(c([2H])c1[2H])C([2H])COC21c2ccccc2-c2ccc(N(c3ccccc3)c3ccc(-c4ccc(N(c5ccccc5)c5ccccc5)cc4)cc3)cc21. The Bertz CT molecular complexity index is 2740. The van der Waals surface area contributed by atoms with Gasteiger partial charge in [0.15, 0.2) is 0 Å². The quantitative estimate of drug-likeness (QED) is 0.165. The number of anilines is 6. The molecule has 0 saturated carbocycles. The van der Waals surface area contributed by atoms with Crippen molar-refractivity contribution in [3.63, 3.8) is 0 Å². The highest BCUT2D eigenvalue weighted by molar-refractivity contribution is 5.87. The van der Waals surface area contributed by atoms with Crippen molar-refractivity contribution < 1.29 is 10.2 Å². The molecule has 3 nitrogen and oxygen atoms in total. The van der Waals surface area contributed by atoms with Crippen LogP contribution in [0.5, 0.6) is 0 Å². The fraction of sp³-hybridized carbons (Fsp3) is 0.0588. The molecule has 2 aliphatic rings. The van der Waals surface area contributed by atoms with E-state index < -0.39 is 12.0 Å². The van der Waals surface area contributed by atoms with Crippen molar-refractivity contribution in [2.45, 2.75) is 12.0 Å². The molecule has 1 aliphatic carbocycles. The van der Waals surface area contributed by atoms with Crippen molar-refractivity contribution in [3.05, 3.63) is 228 Å². The number of hydrogen-bond donors (Lipinski definition) is 0. The Morgan fingerprint density at radius 1 is 0.444 bits per heavy atom. The molecule has 10 rings (SSSR count). The molecule has 3 heteroatoms. The molecule has 0 bridgehead atoms. The van der Waals surface area contributed by atoms with E-state index >= 15 is 0 Å². The number of rotatable bonds is 7. The van der Waals surface area contributed by atoms with Crippen LogP contribution < -0.4 is 9.80 Å². The molecule has 1 spiro atoms. The largest absolute Gasteiger partial charge is 0.360 e. The lowest BCUT2D eigenvalue weighted by Crippen LogP contribution is -2.36. The van der Waals surface area contributed by atoms with E-state index in [1.54, 1.807) is 6.07 Å². The molecule has 0 amide bonds. The Morgan fingerprint density at radius 2 is 0.926 bits per heavy atom. The molecule has 2 unspecified atom stereocenters. The van der Waals surface area contributed by atoms with E-state index in [2.05, 4.69) is 143 Å². The van der Waals surface area contributed by atoms with Gasteiger partial charge in [0.25, 0.3) is 0 Å². The van der Waals surface area contributed by atoms with Crippen molar-refractivity contribution in [3.8, 4) is 22.3 Å². The van der Waals surface area contributed by atoms with Gasteiger partial charge in [-0.2, -0.15) is 0 Å². The summed E-state index contributed by atoms with van der Waals surface area (Å²) < 4.78 is 41.7. The second-order valence-corrected chi connectivity index (χ2v) is 13.6. The smallest absolute Gasteiger partial charge is 0.145 e. The number of ether oxygens (including phenoxy) is 1. The lowest BCUT2D eigenvalue weighted by molar-refractivity contribution is 0.00599. The van der Waals surface area contributed by atoms with Crippen LogP contribution >= 0.6 is 0 Å². The van der Waals surface area contributed by atoms with Gasteiger partial charge in [-0.05, 0) is 113 Å². The van der Waals surface area contributed by atoms with E-state index in [1.807, 2.05) is 48.5 Å². The van der Waals surface area contributed by atoms with Crippen molar-refractivity contribution in [2.75, 3.05) is 16.4 Å². The Balaban J connectivity index is 1.05. The van der Waals surface area contributed by atoms with Gasteiger partial charge < -0.3 is 14.5 Å². The van der Waals surface area contributed by atoms with Crippen LogP contribution in [0.2, 0.25) is 0 Å². The van der Waals surface area contributed by atoms with Crippen molar-refractivity contribution in [2.24, 2.45) is 0 Å². The van der Waals surface area contributed by atoms with E-state index in [0.29, 0.717) is 11.1 Å².